The highest BCUT2D eigenvalue weighted by Gasteiger charge is 2.24. The van der Waals surface area contributed by atoms with Crippen molar-refractivity contribution in [3.8, 4) is 11.8 Å². The zero-order valence-electron chi connectivity index (χ0n) is 11.5. The number of anilines is 1. The molecule has 0 bridgehead atoms. The summed E-state index contributed by atoms with van der Waals surface area (Å²) in [4.78, 5) is 14.0. The van der Waals surface area contributed by atoms with Crippen LogP contribution in [0.1, 0.15) is 11.1 Å². The van der Waals surface area contributed by atoms with Crippen LogP contribution in [-0.4, -0.2) is 19.1 Å². The number of carbonyl (C=O) groups is 1. The number of rotatable bonds is 3. The molecule has 2 aromatic rings. The van der Waals surface area contributed by atoms with Crippen LogP contribution in [-0.2, 0) is 11.2 Å². The lowest BCUT2D eigenvalue weighted by atomic mass is 10.2. The van der Waals surface area contributed by atoms with Crippen molar-refractivity contribution in [1.29, 1.82) is 5.26 Å². The van der Waals surface area contributed by atoms with Gasteiger partial charge in [0.25, 0.3) is 5.91 Å². The summed E-state index contributed by atoms with van der Waals surface area (Å²) in [6, 6.07) is 16.8. The first-order valence-electron chi connectivity index (χ1n) is 6.79. The Hall–Kier alpha value is -2.80. The van der Waals surface area contributed by atoms with E-state index in [0.29, 0.717) is 17.9 Å². The van der Waals surface area contributed by atoms with Crippen molar-refractivity contribution in [3.05, 3.63) is 59.7 Å². The molecule has 2 aromatic carbocycles. The summed E-state index contributed by atoms with van der Waals surface area (Å²) < 4.78 is 5.50. The zero-order chi connectivity index (χ0) is 14.7. The van der Waals surface area contributed by atoms with Crippen molar-refractivity contribution in [2.75, 3.05) is 18.1 Å². The molecular weight excluding hydrogens is 264 g/mol. The van der Waals surface area contributed by atoms with Crippen LogP contribution in [0.3, 0.4) is 0 Å². The van der Waals surface area contributed by atoms with E-state index in [1.54, 1.807) is 29.2 Å². The van der Waals surface area contributed by atoms with Crippen LogP contribution in [0.5, 0.6) is 5.75 Å². The number of hydrogen-bond donors (Lipinski definition) is 0. The summed E-state index contributed by atoms with van der Waals surface area (Å²) in [5.41, 5.74) is 2.68. The molecule has 0 aromatic heterocycles. The molecule has 0 saturated carbocycles. The summed E-state index contributed by atoms with van der Waals surface area (Å²) in [7, 11) is 0. The highest BCUT2D eigenvalue weighted by molar-refractivity contribution is 5.96. The maximum Gasteiger partial charge on any atom is 0.264 e. The maximum absolute atomic E-state index is 12.3. The van der Waals surface area contributed by atoms with Gasteiger partial charge in [0.2, 0.25) is 0 Å². The fraction of sp³-hybridized carbons (Fsp3) is 0.176. The Balaban J connectivity index is 1.67. The molecule has 0 aliphatic carbocycles. The fourth-order valence-electron chi connectivity index (χ4n) is 2.48. The number of carbonyl (C=O) groups excluding carboxylic acids is 1. The van der Waals surface area contributed by atoms with Crippen molar-refractivity contribution in [1.82, 2.24) is 0 Å². The molecule has 0 atom stereocenters. The summed E-state index contributed by atoms with van der Waals surface area (Å²) in [6.45, 7) is 0.670. The monoisotopic (exact) mass is 278 g/mol. The second-order valence-corrected chi connectivity index (χ2v) is 4.85. The standard InChI is InChI=1S/C17H14N2O2/c18-11-13-4-3-6-15(10-13)21-12-17(20)19-9-8-14-5-1-2-7-16(14)19/h1-7,10H,8-9,12H2. The largest absolute Gasteiger partial charge is 0.484 e. The van der Waals surface area contributed by atoms with E-state index in [1.807, 2.05) is 30.3 Å². The summed E-state index contributed by atoms with van der Waals surface area (Å²) in [6.07, 6.45) is 0.881. The van der Waals surface area contributed by atoms with E-state index >= 15 is 0 Å². The predicted octanol–water partition coefficient (Wildman–Crippen LogP) is 2.53. The van der Waals surface area contributed by atoms with Crippen LogP contribution < -0.4 is 9.64 Å². The second kappa shape index (κ2) is 5.68. The molecule has 0 spiro atoms. The van der Waals surface area contributed by atoms with E-state index in [-0.39, 0.29) is 12.5 Å². The molecule has 0 unspecified atom stereocenters. The molecule has 1 heterocycles. The number of hydrogen-bond acceptors (Lipinski definition) is 3. The number of nitriles is 1. The van der Waals surface area contributed by atoms with E-state index in [0.717, 1.165) is 12.1 Å². The average molecular weight is 278 g/mol. The smallest absolute Gasteiger partial charge is 0.264 e. The van der Waals surface area contributed by atoms with Gasteiger partial charge in [0.15, 0.2) is 6.61 Å². The van der Waals surface area contributed by atoms with E-state index < -0.39 is 0 Å². The minimum Gasteiger partial charge on any atom is -0.484 e. The van der Waals surface area contributed by atoms with Crippen LogP contribution in [0.2, 0.25) is 0 Å². The van der Waals surface area contributed by atoms with Gasteiger partial charge in [0.05, 0.1) is 11.6 Å². The third kappa shape index (κ3) is 2.72. The van der Waals surface area contributed by atoms with Crippen LogP contribution in [0.4, 0.5) is 5.69 Å². The minimum atomic E-state index is -0.0673. The minimum absolute atomic E-state index is 0.0246. The number of para-hydroxylation sites is 1. The molecule has 21 heavy (non-hydrogen) atoms. The van der Waals surface area contributed by atoms with Gasteiger partial charge in [0, 0.05) is 12.2 Å². The lowest BCUT2D eigenvalue weighted by Gasteiger charge is -2.17. The first-order valence-corrected chi connectivity index (χ1v) is 6.79. The molecule has 0 N–H and O–H groups in total. The second-order valence-electron chi connectivity index (χ2n) is 4.85. The maximum atomic E-state index is 12.3. The summed E-state index contributed by atoms with van der Waals surface area (Å²) in [5, 5.41) is 8.84. The molecule has 3 rings (SSSR count). The van der Waals surface area contributed by atoms with E-state index in [2.05, 4.69) is 0 Å². The van der Waals surface area contributed by atoms with Crippen LogP contribution in [0.25, 0.3) is 0 Å². The fourth-order valence-corrected chi connectivity index (χ4v) is 2.48. The normalized spacial score (nSPS) is 12.6. The Bertz CT molecular complexity index is 719. The number of fused-ring (bicyclic) bond motifs is 1. The highest BCUT2D eigenvalue weighted by Crippen LogP contribution is 2.27. The molecular formula is C17H14N2O2. The SMILES string of the molecule is N#Cc1cccc(OCC(=O)N2CCc3ccccc32)c1. The Labute approximate surface area is 123 Å². The van der Waals surface area contributed by atoms with Gasteiger partial charge < -0.3 is 9.64 Å². The molecule has 1 aliphatic rings. The average Bonchev–Trinajstić information content (AvgIpc) is 2.97. The van der Waals surface area contributed by atoms with Crippen LogP contribution >= 0.6 is 0 Å². The Morgan fingerprint density at radius 2 is 2.10 bits per heavy atom. The third-order valence-electron chi connectivity index (χ3n) is 3.51. The van der Waals surface area contributed by atoms with Crippen molar-refractivity contribution in [2.45, 2.75) is 6.42 Å². The summed E-state index contributed by atoms with van der Waals surface area (Å²) in [5.74, 6) is 0.470. The van der Waals surface area contributed by atoms with Crippen LogP contribution in [0, 0.1) is 11.3 Å². The number of benzene rings is 2. The summed E-state index contributed by atoms with van der Waals surface area (Å²) >= 11 is 0. The predicted molar refractivity (Wildman–Crippen MR) is 79.2 cm³/mol. The quantitative estimate of drug-likeness (QED) is 0.867. The van der Waals surface area contributed by atoms with Gasteiger partial charge >= 0.3 is 0 Å². The Morgan fingerprint density at radius 1 is 1.24 bits per heavy atom. The van der Waals surface area contributed by atoms with Crippen molar-refractivity contribution in [3.63, 3.8) is 0 Å². The molecule has 1 aliphatic heterocycles. The van der Waals surface area contributed by atoms with Crippen LogP contribution in [0.15, 0.2) is 48.5 Å². The Kier molecular flexibility index (Phi) is 3.57. The number of nitrogens with zero attached hydrogens (tertiary/aromatic N) is 2. The first-order chi connectivity index (χ1) is 10.3. The third-order valence-corrected chi connectivity index (χ3v) is 3.51. The molecule has 4 heteroatoms. The lowest BCUT2D eigenvalue weighted by Crippen LogP contribution is -2.33. The zero-order valence-corrected chi connectivity index (χ0v) is 11.5. The molecule has 0 saturated heterocycles. The number of amides is 1. The van der Waals surface area contributed by atoms with Gasteiger partial charge in [-0.25, -0.2) is 0 Å². The molecule has 1 amide bonds. The topological polar surface area (TPSA) is 53.3 Å². The van der Waals surface area contributed by atoms with Crippen molar-refractivity contribution >= 4 is 11.6 Å². The first kappa shape index (κ1) is 13.2. The van der Waals surface area contributed by atoms with Gasteiger partial charge in [0.1, 0.15) is 5.75 Å². The lowest BCUT2D eigenvalue weighted by molar-refractivity contribution is -0.120. The number of ether oxygens (including phenoxy) is 1. The van der Waals surface area contributed by atoms with Crippen molar-refractivity contribution < 1.29 is 9.53 Å². The molecule has 4 nitrogen and oxygen atoms in total. The van der Waals surface area contributed by atoms with E-state index in [1.165, 1.54) is 5.56 Å². The van der Waals surface area contributed by atoms with Gasteiger partial charge in [-0.1, -0.05) is 24.3 Å². The highest BCUT2D eigenvalue weighted by atomic mass is 16.5. The van der Waals surface area contributed by atoms with Gasteiger partial charge in [-0.2, -0.15) is 5.26 Å². The van der Waals surface area contributed by atoms with Gasteiger partial charge in [-0.3, -0.25) is 4.79 Å². The molecule has 0 radical (unpaired) electrons. The molecule has 104 valence electrons. The van der Waals surface area contributed by atoms with Gasteiger partial charge in [-0.15, -0.1) is 0 Å². The van der Waals surface area contributed by atoms with Crippen molar-refractivity contribution in [2.24, 2.45) is 0 Å². The van der Waals surface area contributed by atoms with E-state index in [9.17, 15) is 4.79 Å². The Morgan fingerprint density at radius 3 is 2.95 bits per heavy atom. The molecule has 0 fully saturated rings. The van der Waals surface area contributed by atoms with Gasteiger partial charge in [-0.05, 0) is 36.2 Å². The van der Waals surface area contributed by atoms with E-state index in [4.69, 9.17) is 10.00 Å².